The van der Waals surface area contributed by atoms with Gasteiger partial charge in [-0.05, 0) is 31.7 Å². The minimum Gasteiger partial charge on any atom is -0.459 e. The molecular formula is C12H17NO3. The second-order valence-electron chi connectivity index (χ2n) is 4.52. The summed E-state index contributed by atoms with van der Waals surface area (Å²) in [5.41, 5.74) is 0.831. The molecule has 1 aliphatic carbocycles. The molecule has 1 saturated carbocycles. The Bertz CT molecular complexity index is 381. The van der Waals surface area contributed by atoms with Crippen LogP contribution < -0.4 is 0 Å². The predicted octanol–water partition coefficient (Wildman–Crippen LogP) is 1.43. The van der Waals surface area contributed by atoms with Crippen LogP contribution in [-0.2, 0) is 0 Å². The summed E-state index contributed by atoms with van der Waals surface area (Å²) in [6.45, 7) is 2.21. The highest BCUT2D eigenvalue weighted by Gasteiger charge is 2.31. The summed E-state index contributed by atoms with van der Waals surface area (Å²) in [5, 5.41) is 9.75. The zero-order chi connectivity index (χ0) is 11.7. The number of hydrogen-bond acceptors (Lipinski definition) is 3. The maximum atomic E-state index is 11.9. The second kappa shape index (κ2) is 4.29. The molecule has 1 unspecified atom stereocenters. The molecule has 1 heterocycles. The van der Waals surface area contributed by atoms with Gasteiger partial charge in [0.15, 0.2) is 5.76 Å². The number of rotatable bonds is 4. The van der Waals surface area contributed by atoms with Crippen molar-refractivity contribution in [2.45, 2.75) is 25.9 Å². The van der Waals surface area contributed by atoms with E-state index in [1.165, 1.54) is 11.2 Å². The maximum Gasteiger partial charge on any atom is 0.289 e. The summed E-state index contributed by atoms with van der Waals surface area (Å²) < 4.78 is 5.13. The van der Waals surface area contributed by atoms with Crippen molar-refractivity contribution < 1.29 is 14.3 Å². The Hall–Kier alpha value is -1.29. The van der Waals surface area contributed by atoms with Crippen molar-refractivity contribution in [2.24, 2.45) is 5.92 Å². The Kier molecular flexibility index (Phi) is 3.01. The number of furan rings is 1. The lowest BCUT2D eigenvalue weighted by Gasteiger charge is -2.19. The van der Waals surface area contributed by atoms with E-state index in [9.17, 15) is 9.90 Å². The highest BCUT2D eigenvalue weighted by Crippen LogP contribution is 2.32. The molecule has 1 aliphatic rings. The van der Waals surface area contributed by atoms with Gasteiger partial charge in [-0.3, -0.25) is 4.79 Å². The number of amides is 1. The number of likely N-dealkylation sites (N-methyl/N-ethyl adjacent to an activating group) is 1. The molecule has 0 saturated heterocycles. The number of aliphatic hydroxyl groups excluding tert-OH is 1. The van der Waals surface area contributed by atoms with E-state index >= 15 is 0 Å². The summed E-state index contributed by atoms with van der Waals surface area (Å²) >= 11 is 0. The Balaban J connectivity index is 1.96. The zero-order valence-corrected chi connectivity index (χ0v) is 9.64. The number of aryl methyl sites for hydroxylation is 1. The van der Waals surface area contributed by atoms with Crippen LogP contribution in [0.5, 0.6) is 0 Å². The van der Waals surface area contributed by atoms with Crippen LogP contribution in [0.15, 0.2) is 16.7 Å². The second-order valence-corrected chi connectivity index (χ2v) is 4.52. The van der Waals surface area contributed by atoms with Crippen LogP contribution in [0, 0.1) is 12.8 Å². The lowest BCUT2D eigenvalue weighted by atomic mass is 10.2. The fraction of sp³-hybridized carbons (Fsp3) is 0.583. The van der Waals surface area contributed by atoms with Gasteiger partial charge in [0.25, 0.3) is 5.91 Å². The number of nitrogens with zero attached hydrogens (tertiary/aromatic N) is 1. The first-order valence-corrected chi connectivity index (χ1v) is 5.57. The van der Waals surface area contributed by atoms with Gasteiger partial charge in [0.1, 0.15) is 0 Å². The van der Waals surface area contributed by atoms with Gasteiger partial charge in [-0.15, -0.1) is 0 Å². The smallest absolute Gasteiger partial charge is 0.289 e. The van der Waals surface area contributed by atoms with Gasteiger partial charge in [0.2, 0.25) is 0 Å². The molecule has 16 heavy (non-hydrogen) atoms. The lowest BCUT2D eigenvalue weighted by Crippen LogP contribution is -2.35. The van der Waals surface area contributed by atoms with Gasteiger partial charge in [-0.1, -0.05) is 0 Å². The minimum atomic E-state index is -0.399. The Morgan fingerprint density at radius 3 is 2.88 bits per heavy atom. The number of carbonyl (C=O) groups excluding carboxylic acids is 1. The van der Waals surface area contributed by atoms with Crippen LogP contribution in [0.3, 0.4) is 0 Å². The van der Waals surface area contributed by atoms with Crippen molar-refractivity contribution in [3.8, 4) is 0 Å². The molecule has 0 bridgehead atoms. The van der Waals surface area contributed by atoms with Gasteiger partial charge in [0, 0.05) is 19.2 Å². The van der Waals surface area contributed by atoms with Crippen LogP contribution in [-0.4, -0.2) is 35.6 Å². The van der Waals surface area contributed by atoms with E-state index in [0.717, 1.165) is 18.4 Å². The molecule has 1 aromatic rings. The third kappa shape index (κ3) is 2.27. The molecule has 1 amide bonds. The predicted molar refractivity (Wildman–Crippen MR) is 59.1 cm³/mol. The van der Waals surface area contributed by atoms with Crippen molar-refractivity contribution in [1.29, 1.82) is 0 Å². The zero-order valence-electron chi connectivity index (χ0n) is 9.64. The molecule has 1 fully saturated rings. The first-order valence-electron chi connectivity index (χ1n) is 5.57. The normalized spacial score (nSPS) is 17.2. The van der Waals surface area contributed by atoms with E-state index in [0.29, 0.717) is 18.2 Å². The maximum absolute atomic E-state index is 11.9. The summed E-state index contributed by atoms with van der Waals surface area (Å²) in [5.74, 6) is 0.584. The highest BCUT2D eigenvalue weighted by molar-refractivity contribution is 5.92. The summed E-state index contributed by atoms with van der Waals surface area (Å²) in [4.78, 5) is 13.4. The molecule has 1 atom stereocenters. The van der Waals surface area contributed by atoms with Crippen LogP contribution in [0.1, 0.15) is 29.0 Å². The van der Waals surface area contributed by atoms with Gasteiger partial charge in [-0.2, -0.15) is 0 Å². The van der Waals surface area contributed by atoms with E-state index in [1.807, 2.05) is 6.92 Å². The number of aliphatic hydroxyl groups is 1. The summed E-state index contributed by atoms with van der Waals surface area (Å²) in [7, 11) is 1.69. The van der Waals surface area contributed by atoms with Gasteiger partial charge in [-0.25, -0.2) is 0 Å². The van der Waals surface area contributed by atoms with Crippen LogP contribution in [0.25, 0.3) is 0 Å². The Labute approximate surface area is 94.9 Å². The number of carbonyl (C=O) groups is 1. The van der Waals surface area contributed by atoms with E-state index in [4.69, 9.17) is 4.42 Å². The first-order chi connectivity index (χ1) is 7.59. The van der Waals surface area contributed by atoms with Gasteiger partial charge in [0.05, 0.1) is 12.4 Å². The standard InChI is InChI=1S/C12H17NO3/c1-8-5-6-16-11(8)12(15)13(2)7-10(14)9-3-4-9/h5-6,9-10,14H,3-4,7H2,1-2H3. The molecule has 0 aliphatic heterocycles. The van der Waals surface area contributed by atoms with Crippen molar-refractivity contribution in [1.82, 2.24) is 4.90 Å². The molecular weight excluding hydrogens is 206 g/mol. The van der Waals surface area contributed by atoms with E-state index in [2.05, 4.69) is 0 Å². The van der Waals surface area contributed by atoms with Crippen molar-refractivity contribution >= 4 is 5.91 Å². The first kappa shape index (κ1) is 11.2. The molecule has 0 spiro atoms. The van der Waals surface area contributed by atoms with Crippen LogP contribution in [0.4, 0.5) is 0 Å². The van der Waals surface area contributed by atoms with Gasteiger partial charge >= 0.3 is 0 Å². The molecule has 4 heteroatoms. The average Bonchev–Trinajstić information content (AvgIpc) is 3.01. The van der Waals surface area contributed by atoms with Crippen LogP contribution >= 0.6 is 0 Å². The molecule has 4 nitrogen and oxygen atoms in total. The lowest BCUT2D eigenvalue weighted by molar-refractivity contribution is 0.0617. The topological polar surface area (TPSA) is 53.7 Å². The highest BCUT2D eigenvalue weighted by atomic mass is 16.3. The Morgan fingerprint density at radius 1 is 1.69 bits per heavy atom. The summed E-state index contributed by atoms with van der Waals surface area (Å²) in [6, 6.07) is 1.76. The van der Waals surface area contributed by atoms with Crippen molar-refractivity contribution in [3.63, 3.8) is 0 Å². The Morgan fingerprint density at radius 2 is 2.38 bits per heavy atom. The van der Waals surface area contributed by atoms with E-state index in [1.54, 1.807) is 13.1 Å². The molecule has 1 N–H and O–H groups in total. The van der Waals surface area contributed by atoms with E-state index < -0.39 is 6.10 Å². The van der Waals surface area contributed by atoms with Crippen molar-refractivity contribution in [3.05, 3.63) is 23.7 Å². The molecule has 2 rings (SSSR count). The largest absolute Gasteiger partial charge is 0.459 e. The minimum absolute atomic E-state index is 0.165. The SMILES string of the molecule is Cc1ccoc1C(=O)N(C)CC(O)C1CC1. The number of hydrogen-bond donors (Lipinski definition) is 1. The fourth-order valence-corrected chi connectivity index (χ4v) is 1.76. The van der Waals surface area contributed by atoms with Gasteiger partial charge < -0.3 is 14.4 Å². The molecule has 88 valence electrons. The van der Waals surface area contributed by atoms with E-state index in [-0.39, 0.29) is 5.91 Å². The molecule has 0 radical (unpaired) electrons. The summed E-state index contributed by atoms with van der Waals surface area (Å²) in [6.07, 6.45) is 3.25. The monoisotopic (exact) mass is 223 g/mol. The van der Waals surface area contributed by atoms with Crippen LogP contribution in [0.2, 0.25) is 0 Å². The third-order valence-corrected chi connectivity index (χ3v) is 3.03. The average molecular weight is 223 g/mol. The van der Waals surface area contributed by atoms with Crippen molar-refractivity contribution in [2.75, 3.05) is 13.6 Å². The molecule has 0 aromatic carbocycles. The fourth-order valence-electron chi connectivity index (χ4n) is 1.76. The molecule has 1 aromatic heterocycles. The third-order valence-electron chi connectivity index (χ3n) is 3.03. The quantitative estimate of drug-likeness (QED) is 0.840.